The summed E-state index contributed by atoms with van der Waals surface area (Å²) in [6, 6.07) is 3.65. The van der Waals surface area contributed by atoms with E-state index in [4.69, 9.17) is 15.0 Å². The average Bonchev–Trinajstić information content (AvgIpc) is 2.85. The highest BCUT2D eigenvalue weighted by Gasteiger charge is 2.13. The van der Waals surface area contributed by atoms with Crippen LogP contribution in [0, 0.1) is 0 Å². The first-order valence-corrected chi connectivity index (χ1v) is 5.29. The van der Waals surface area contributed by atoms with Crippen LogP contribution in [-0.4, -0.2) is 34.9 Å². The molecule has 17 heavy (non-hydrogen) atoms. The van der Waals surface area contributed by atoms with Gasteiger partial charge in [-0.3, -0.25) is 4.98 Å². The van der Waals surface area contributed by atoms with E-state index < -0.39 is 0 Å². The Bertz CT molecular complexity index is 454. The third-order valence-corrected chi connectivity index (χ3v) is 2.41. The lowest BCUT2D eigenvalue weighted by Gasteiger charge is -2.08. The molecule has 90 valence electrons. The summed E-state index contributed by atoms with van der Waals surface area (Å²) >= 11 is 0. The fourth-order valence-corrected chi connectivity index (χ4v) is 1.41. The van der Waals surface area contributed by atoms with E-state index in [9.17, 15) is 0 Å². The van der Waals surface area contributed by atoms with E-state index in [0.29, 0.717) is 24.7 Å². The molecule has 0 radical (unpaired) electrons. The van der Waals surface area contributed by atoms with E-state index in [-0.39, 0.29) is 6.10 Å². The standard InChI is InChI=1S/C11H14N4O2/c1-16-9(7-12)6-10-14-11(15-17-10)8-2-4-13-5-3-8/h2-5,9H,6-7,12H2,1H3. The third kappa shape index (κ3) is 2.86. The van der Waals surface area contributed by atoms with Crippen molar-refractivity contribution in [1.82, 2.24) is 15.1 Å². The van der Waals surface area contributed by atoms with Crippen LogP contribution in [0.2, 0.25) is 0 Å². The zero-order valence-electron chi connectivity index (χ0n) is 9.54. The van der Waals surface area contributed by atoms with Crippen molar-refractivity contribution in [2.75, 3.05) is 13.7 Å². The molecule has 0 amide bonds. The Morgan fingerprint density at radius 3 is 2.82 bits per heavy atom. The molecule has 2 heterocycles. The lowest BCUT2D eigenvalue weighted by Crippen LogP contribution is -2.24. The van der Waals surface area contributed by atoms with Crippen molar-refractivity contribution >= 4 is 0 Å². The van der Waals surface area contributed by atoms with Gasteiger partial charge in [-0.2, -0.15) is 4.98 Å². The molecule has 2 rings (SSSR count). The number of nitrogens with two attached hydrogens (primary N) is 1. The van der Waals surface area contributed by atoms with E-state index in [1.165, 1.54) is 0 Å². The van der Waals surface area contributed by atoms with Crippen molar-refractivity contribution < 1.29 is 9.26 Å². The summed E-state index contributed by atoms with van der Waals surface area (Å²) < 4.78 is 10.3. The molecule has 0 aliphatic heterocycles. The van der Waals surface area contributed by atoms with E-state index in [2.05, 4.69) is 15.1 Å². The quantitative estimate of drug-likeness (QED) is 0.817. The van der Waals surface area contributed by atoms with Crippen LogP contribution in [-0.2, 0) is 11.2 Å². The molecule has 2 aromatic rings. The van der Waals surface area contributed by atoms with Crippen molar-refractivity contribution in [2.24, 2.45) is 5.73 Å². The largest absolute Gasteiger partial charge is 0.380 e. The van der Waals surface area contributed by atoms with Crippen LogP contribution in [0.4, 0.5) is 0 Å². The van der Waals surface area contributed by atoms with Crippen LogP contribution >= 0.6 is 0 Å². The summed E-state index contributed by atoms with van der Waals surface area (Å²) in [5.74, 6) is 1.07. The van der Waals surface area contributed by atoms with Crippen molar-refractivity contribution in [3.8, 4) is 11.4 Å². The SMILES string of the molecule is COC(CN)Cc1nc(-c2ccncc2)no1. The number of methoxy groups -OCH3 is 1. The van der Waals surface area contributed by atoms with Crippen LogP contribution in [0.1, 0.15) is 5.89 Å². The second-order valence-corrected chi connectivity index (χ2v) is 3.55. The molecule has 1 unspecified atom stereocenters. The van der Waals surface area contributed by atoms with Gasteiger partial charge in [0, 0.05) is 31.6 Å². The third-order valence-electron chi connectivity index (χ3n) is 2.41. The molecule has 6 nitrogen and oxygen atoms in total. The summed E-state index contributed by atoms with van der Waals surface area (Å²) in [7, 11) is 1.61. The number of nitrogens with zero attached hydrogens (tertiary/aromatic N) is 3. The number of hydrogen-bond acceptors (Lipinski definition) is 6. The average molecular weight is 234 g/mol. The zero-order valence-corrected chi connectivity index (χ0v) is 9.54. The maximum atomic E-state index is 5.53. The molecular weight excluding hydrogens is 220 g/mol. The molecule has 0 aliphatic carbocycles. The molecule has 0 bridgehead atoms. The highest BCUT2D eigenvalue weighted by Crippen LogP contribution is 2.14. The summed E-state index contributed by atoms with van der Waals surface area (Å²) in [5.41, 5.74) is 6.40. The van der Waals surface area contributed by atoms with Gasteiger partial charge in [0.1, 0.15) is 0 Å². The molecule has 0 spiro atoms. The molecule has 0 aliphatic rings. The predicted octanol–water partition coefficient (Wildman–Crippen LogP) is 0.648. The summed E-state index contributed by atoms with van der Waals surface area (Å²) in [6.45, 7) is 0.420. The van der Waals surface area contributed by atoms with Crippen LogP contribution in [0.15, 0.2) is 29.0 Å². The van der Waals surface area contributed by atoms with Gasteiger partial charge in [0.2, 0.25) is 11.7 Å². The number of aromatic nitrogens is 3. The minimum absolute atomic E-state index is 0.0965. The van der Waals surface area contributed by atoms with Gasteiger partial charge >= 0.3 is 0 Å². The van der Waals surface area contributed by atoms with E-state index >= 15 is 0 Å². The Morgan fingerprint density at radius 1 is 1.41 bits per heavy atom. The minimum atomic E-state index is -0.0965. The molecule has 0 fully saturated rings. The Balaban J connectivity index is 2.11. The van der Waals surface area contributed by atoms with Crippen LogP contribution < -0.4 is 5.73 Å². The molecule has 0 aromatic carbocycles. The number of pyridine rings is 1. The Kier molecular flexibility index (Phi) is 3.79. The first-order valence-electron chi connectivity index (χ1n) is 5.29. The van der Waals surface area contributed by atoms with Gasteiger partial charge < -0.3 is 15.0 Å². The van der Waals surface area contributed by atoms with Crippen molar-refractivity contribution in [3.05, 3.63) is 30.4 Å². The second-order valence-electron chi connectivity index (χ2n) is 3.55. The highest BCUT2D eigenvalue weighted by atomic mass is 16.5. The molecule has 6 heteroatoms. The fourth-order valence-electron chi connectivity index (χ4n) is 1.41. The van der Waals surface area contributed by atoms with Gasteiger partial charge in [0.15, 0.2) is 0 Å². The maximum absolute atomic E-state index is 5.53. The highest BCUT2D eigenvalue weighted by molar-refractivity contribution is 5.52. The number of rotatable bonds is 5. The van der Waals surface area contributed by atoms with E-state index in [0.717, 1.165) is 5.56 Å². The fraction of sp³-hybridized carbons (Fsp3) is 0.364. The molecule has 2 N–H and O–H groups in total. The lowest BCUT2D eigenvalue weighted by atomic mass is 10.2. The molecular formula is C11H14N4O2. The smallest absolute Gasteiger partial charge is 0.229 e. The molecule has 0 saturated heterocycles. The molecule has 2 aromatic heterocycles. The van der Waals surface area contributed by atoms with Crippen molar-refractivity contribution in [2.45, 2.75) is 12.5 Å². The number of ether oxygens (including phenoxy) is 1. The summed E-state index contributed by atoms with van der Waals surface area (Å²) in [6.07, 6.45) is 3.79. The second kappa shape index (κ2) is 5.51. The van der Waals surface area contributed by atoms with Gasteiger partial charge in [-0.1, -0.05) is 5.16 Å². The molecule has 0 saturated carbocycles. The Morgan fingerprint density at radius 2 is 2.18 bits per heavy atom. The maximum Gasteiger partial charge on any atom is 0.229 e. The van der Waals surface area contributed by atoms with Crippen LogP contribution in [0.25, 0.3) is 11.4 Å². The van der Waals surface area contributed by atoms with Crippen molar-refractivity contribution in [3.63, 3.8) is 0 Å². The Labute approximate surface area is 98.8 Å². The van der Waals surface area contributed by atoms with Gasteiger partial charge in [-0.05, 0) is 12.1 Å². The minimum Gasteiger partial charge on any atom is -0.380 e. The normalized spacial score (nSPS) is 12.6. The monoisotopic (exact) mass is 234 g/mol. The van der Waals surface area contributed by atoms with Crippen LogP contribution in [0.5, 0.6) is 0 Å². The predicted molar refractivity (Wildman–Crippen MR) is 61.1 cm³/mol. The van der Waals surface area contributed by atoms with Crippen LogP contribution in [0.3, 0.4) is 0 Å². The van der Waals surface area contributed by atoms with Crippen molar-refractivity contribution in [1.29, 1.82) is 0 Å². The zero-order chi connectivity index (χ0) is 12.1. The lowest BCUT2D eigenvalue weighted by molar-refractivity contribution is 0.102. The van der Waals surface area contributed by atoms with E-state index in [1.54, 1.807) is 19.5 Å². The first-order chi connectivity index (χ1) is 8.33. The van der Waals surface area contributed by atoms with Gasteiger partial charge in [-0.25, -0.2) is 0 Å². The first kappa shape index (κ1) is 11.7. The summed E-state index contributed by atoms with van der Waals surface area (Å²) in [4.78, 5) is 8.21. The van der Waals surface area contributed by atoms with Gasteiger partial charge in [0.05, 0.1) is 12.5 Å². The number of hydrogen-bond donors (Lipinski definition) is 1. The van der Waals surface area contributed by atoms with Gasteiger partial charge in [0.25, 0.3) is 0 Å². The summed E-state index contributed by atoms with van der Waals surface area (Å²) in [5, 5.41) is 3.90. The topological polar surface area (TPSA) is 87.1 Å². The van der Waals surface area contributed by atoms with Gasteiger partial charge in [-0.15, -0.1) is 0 Å². The Hall–Kier alpha value is -1.79. The van der Waals surface area contributed by atoms with E-state index in [1.807, 2.05) is 12.1 Å². The molecule has 1 atom stereocenters.